The number of amides is 1. The lowest BCUT2D eigenvalue weighted by atomic mass is 9.96. The first-order valence-corrected chi connectivity index (χ1v) is 11.4. The zero-order valence-electron chi connectivity index (χ0n) is 21.0. The smallest absolute Gasteiger partial charge is 0.463 e. The quantitative estimate of drug-likeness (QED) is 0.299. The van der Waals surface area contributed by atoms with Gasteiger partial charge in [-0.1, -0.05) is 0 Å². The van der Waals surface area contributed by atoms with Crippen LogP contribution < -0.4 is 15.7 Å². The molecule has 39 heavy (non-hydrogen) atoms. The van der Waals surface area contributed by atoms with Gasteiger partial charge in [-0.05, 0) is 24.6 Å². The number of hydrogen-bond donors (Lipinski definition) is 1. The highest BCUT2D eigenvalue weighted by atomic mass is 19.4. The highest BCUT2D eigenvalue weighted by Crippen LogP contribution is 2.31. The van der Waals surface area contributed by atoms with E-state index in [1.54, 1.807) is 12.2 Å². The van der Waals surface area contributed by atoms with E-state index in [1.165, 1.54) is 24.3 Å². The summed E-state index contributed by atoms with van der Waals surface area (Å²) in [5.41, 5.74) is -0.00502. The van der Waals surface area contributed by atoms with Crippen molar-refractivity contribution in [2.24, 2.45) is 0 Å². The molecule has 0 spiro atoms. The molecular weight excluding hydrogens is 535 g/mol. The minimum Gasteiger partial charge on any atom is -0.463 e. The molecule has 1 aromatic heterocycles. The van der Waals surface area contributed by atoms with E-state index in [2.05, 4.69) is 0 Å². The largest absolute Gasteiger partial charge is 0.471 e. The van der Waals surface area contributed by atoms with E-state index in [9.17, 15) is 37.1 Å². The third-order valence-electron chi connectivity index (χ3n) is 5.43. The Morgan fingerprint density at radius 3 is 2.21 bits per heavy atom. The van der Waals surface area contributed by atoms with Gasteiger partial charge in [-0.15, -0.1) is 0 Å². The predicted molar refractivity (Wildman–Crippen MR) is 122 cm³/mol. The lowest BCUT2D eigenvalue weighted by Gasteiger charge is -2.44. The molecule has 0 radical (unpaired) electrons. The van der Waals surface area contributed by atoms with E-state index >= 15 is 0 Å². The van der Waals surface area contributed by atoms with Crippen LogP contribution in [0.2, 0.25) is 0 Å². The van der Waals surface area contributed by atoms with Crippen LogP contribution in [0.25, 0.3) is 11.0 Å². The number of hydrogen-bond acceptors (Lipinski definition) is 11. The van der Waals surface area contributed by atoms with Gasteiger partial charge < -0.3 is 33.4 Å². The Morgan fingerprint density at radius 2 is 1.62 bits per heavy atom. The summed E-state index contributed by atoms with van der Waals surface area (Å²) in [5.74, 6) is -5.21. The van der Waals surface area contributed by atoms with E-state index in [-0.39, 0.29) is 11.3 Å². The summed E-state index contributed by atoms with van der Waals surface area (Å²) in [6.45, 7) is 4.05. The van der Waals surface area contributed by atoms with Gasteiger partial charge in [0, 0.05) is 38.3 Å². The van der Waals surface area contributed by atoms with E-state index in [4.69, 9.17) is 28.1 Å². The van der Waals surface area contributed by atoms with Gasteiger partial charge in [-0.3, -0.25) is 19.2 Å². The summed E-state index contributed by atoms with van der Waals surface area (Å²) in [7, 11) is 0. The van der Waals surface area contributed by atoms with Crippen LogP contribution >= 0.6 is 0 Å². The van der Waals surface area contributed by atoms with Crippen molar-refractivity contribution in [2.45, 2.75) is 64.5 Å². The number of esters is 3. The molecule has 1 N–H and O–H groups in total. The van der Waals surface area contributed by atoms with Crippen molar-refractivity contribution in [1.29, 1.82) is 0 Å². The van der Waals surface area contributed by atoms with Crippen LogP contribution in [-0.4, -0.2) is 67.2 Å². The Hall–Kier alpha value is -4.14. The third kappa shape index (κ3) is 7.46. The fourth-order valence-electron chi connectivity index (χ4n) is 3.90. The van der Waals surface area contributed by atoms with Crippen LogP contribution in [0.1, 0.15) is 26.3 Å². The van der Waals surface area contributed by atoms with Crippen molar-refractivity contribution < 1.29 is 60.5 Å². The Balaban J connectivity index is 2.08. The van der Waals surface area contributed by atoms with Gasteiger partial charge in [0.25, 0.3) is 0 Å². The highest BCUT2D eigenvalue weighted by Gasteiger charge is 2.54. The Bertz CT molecular complexity index is 1320. The molecule has 2 heterocycles. The minimum absolute atomic E-state index is 0.0775. The number of aryl methyl sites for hydroxylation is 1. The first-order valence-electron chi connectivity index (χ1n) is 11.4. The van der Waals surface area contributed by atoms with Crippen molar-refractivity contribution >= 4 is 34.8 Å². The van der Waals surface area contributed by atoms with Crippen LogP contribution in [0.15, 0.2) is 33.5 Å². The Morgan fingerprint density at radius 1 is 0.974 bits per heavy atom. The Kier molecular flexibility index (Phi) is 8.84. The molecule has 0 bridgehead atoms. The van der Waals surface area contributed by atoms with Crippen LogP contribution in [0.5, 0.6) is 5.75 Å². The van der Waals surface area contributed by atoms with E-state index in [1.807, 2.05) is 0 Å². The number of carbonyl (C=O) groups excluding carboxylic acids is 4. The van der Waals surface area contributed by atoms with Crippen molar-refractivity contribution in [3.05, 3.63) is 40.2 Å². The van der Waals surface area contributed by atoms with Gasteiger partial charge in [0.1, 0.15) is 30.1 Å². The summed E-state index contributed by atoms with van der Waals surface area (Å²) in [6, 6.07) is 3.53. The highest BCUT2D eigenvalue weighted by molar-refractivity contribution is 5.82. The fourth-order valence-corrected chi connectivity index (χ4v) is 3.90. The number of benzene rings is 1. The third-order valence-corrected chi connectivity index (χ3v) is 5.43. The van der Waals surface area contributed by atoms with E-state index in [0.29, 0.717) is 10.9 Å². The second-order valence-electron chi connectivity index (χ2n) is 8.51. The summed E-state index contributed by atoms with van der Waals surface area (Å²) in [4.78, 5) is 58.9. The molecule has 1 amide bonds. The minimum atomic E-state index is -5.36. The van der Waals surface area contributed by atoms with Crippen molar-refractivity contribution in [1.82, 2.24) is 5.32 Å². The fraction of sp³-hybridized carbons (Fsp3) is 0.458. The maximum atomic E-state index is 13.2. The summed E-state index contributed by atoms with van der Waals surface area (Å²) < 4.78 is 71.5. The van der Waals surface area contributed by atoms with Gasteiger partial charge in [0.2, 0.25) is 6.29 Å². The summed E-state index contributed by atoms with van der Waals surface area (Å²) in [6.07, 6.45) is -12.0. The summed E-state index contributed by atoms with van der Waals surface area (Å²) in [5, 5.41) is 2.20. The SMILES string of the molecule is CC(=O)OCC1O[C@@H](Oc2ccc3c(C)cc(=O)oc3c2)C(NC(=O)C(F)(F)F)C(OC(C)=O)[C@@H]1OC(C)=O. The van der Waals surface area contributed by atoms with Crippen LogP contribution in [0.3, 0.4) is 0 Å². The molecule has 12 nitrogen and oxygen atoms in total. The molecule has 1 fully saturated rings. The first kappa shape index (κ1) is 29.4. The molecular formula is C24H24F3NO11. The molecule has 3 rings (SSSR count). The number of fused-ring (bicyclic) bond motifs is 1. The van der Waals surface area contributed by atoms with E-state index in [0.717, 1.165) is 20.8 Å². The second kappa shape index (κ2) is 11.7. The van der Waals surface area contributed by atoms with Gasteiger partial charge in [-0.2, -0.15) is 13.2 Å². The number of halogens is 3. The van der Waals surface area contributed by atoms with Crippen molar-refractivity contribution in [3.8, 4) is 5.75 Å². The Labute approximate surface area is 218 Å². The zero-order valence-corrected chi connectivity index (χ0v) is 21.0. The molecule has 0 saturated carbocycles. The van der Waals surface area contributed by atoms with E-state index < -0.39 is 72.9 Å². The molecule has 2 aromatic rings. The maximum Gasteiger partial charge on any atom is 0.471 e. The zero-order chi connectivity index (χ0) is 29.1. The number of carbonyl (C=O) groups is 4. The van der Waals surface area contributed by atoms with Crippen LogP contribution in [-0.2, 0) is 38.1 Å². The molecule has 1 saturated heterocycles. The second-order valence-corrected chi connectivity index (χ2v) is 8.51. The predicted octanol–water partition coefficient (Wildman–Crippen LogP) is 1.68. The lowest BCUT2D eigenvalue weighted by molar-refractivity contribution is -0.258. The lowest BCUT2D eigenvalue weighted by Crippen LogP contribution is -2.68. The van der Waals surface area contributed by atoms with Gasteiger partial charge in [-0.25, -0.2) is 4.79 Å². The normalized spacial score (nSPS) is 23.0. The summed E-state index contributed by atoms with van der Waals surface area (Å²) >= 11 is 0. The van der Waals surface area contributed by atoms with Crippen LogP contribution in [0.4, 0.5) is 13.2 Å². The molecule has 3 unspecified atom stereocenters. The maximum absolute atomic E-state index is 13.2. The molecule has 212 valence electrons. The first-order chi connectivity index (χ1) is 18.1. The molecule has 15 heteroatoms. The molecule has 5 atom stereocenters. The molecule has 1 aliphatic rings. The average Bonchev–Trinajstić information content (AvgIpc) is 2.79. The number of rotatable bonds is 7. The number of alkyl halides is 3. The van der Waals surface area contributed by atoms with Gasteiger partial charge in [0.15, 0.2) is 12.2 Å². The monoisotopic (exact) mass is 559 g/mol. The standard InChI is InChI=1S/C24H24F3NO11/c1-10-7-18(32)38-16-8-14(5-6-15(10)16)37-22-19(28-23(33)24(25,26)27)21(36-13(4)31)20(35-12(3)30)17(39-22)9-34-11(2)29/h5-8,17,19-22H,9H2,1-4H3,(H,28,33)/t17?,19?,20-,21?,22-/m1/s1. The van der Waals surface area contributed by atoms with Crippen molar-refractivity contribution in [2.75, 3.05) is 6.61 Å². The van der Waals surface area contributed by atoms with Crippen LogP contribution in [0, 0.1) is 6.92 Å². The molecule has 0 aliphatic carbocycles. The number of nitrogens with one attached hydrogen (secondary N) is 1. The topological polar surface area (TPSA) is 157 Å². The number of ether oxygens (including phenoxy) is 5. The van der Waals surface area contributed by atoms with Gasteiger partial charge in [0.05, 0.1) is 0 Å². The molecule has 1 aliphatic heterocycles. The molecule has 1 aromatic carbocycles. The van der Waals surface area contributed by atoms with Gasteiger partial charge >= 0.3 is 35.6 Å². The van der Waals surface area contributed by atoms with Crippen molar-refractivity contribution in [3.63, 3.8) is 0 Å². The average molecular weight is 559 g/mol.